The fourth-order valence-corrected chi connectivity index (χ4v) is 3.30. The number of aromatic nitrogens is 1. The number of thiazole rings is 1. The van der Waals surface area contributed by atoms with E-state index in [1.54, 1.807) is 4.90 Å². The van der Waals surface area contributed by atoms with Gasteiger partial charge in [-0.3, -0.25) is 9.59 Å². The Morgan fingerprint density at radius 2 is 1.85 bits per heavy atom. The maximum Gasteiger partial charge on any atom is 0.241 e. The lowest BCUT2D eigenvalue weighted by Gasteiger charge is -2.18. The Morgan fingerprint density at radius 3 is 2.46 bits per heavy atom. The number of carbonyl (C=O) groups excluding carboxylic acids is 2. The van der Waals surface area contributed by atoms with Crippen molar-refractivity contribution in [3.05, 3.63) is 35.3 Å². The number of likely N-dealkylation sites (N-methyl/N-ethyl adjacent to an activating group) is 1. The molecule has 6 nitrogen and oxygen atoms in total. The summed E-state index contributed by atoms with van der Waals surface area (Å²) in [6.45, 7) is 7.72. The van der Waals surface area contributed by atoms with E-state index in [1.165, 1.54) is 11.3 Å². The first-order valence-electron chi connectivity index (χ1n) is 8.79. The number of nitrogens with zero attached hydrogens (tertiary/aromatic N) is 2. The predicted octanol–water partition coefficient (Wildman–Crippen LogP) is 2.74. The quantitative estimate of drug-likeness (QED) is 0.731. The smallest absolute Gasteiger partial charge is 0.241 e. The van der Waals surface area contributed by atoms with E-state index in [1.807, 2.05) is 50.4 Å². The number of amides is 2. The van der Waals surface area contributed by atoms with Gasteiger partial charge in [0.05, 0.1) is 25.3 Å². The van der Waals surface area contributed by atoms with Gasteiger partial charge < -0.3 is 15.0 Å². The Hall–Kier alpha value is -2.41. The summed E-state index contributed by atoms with van der Waals surface area (Å²) >= 11 is 1.49. The molecule has 0 radical (unpaired) electrons. The van der Waals surface area contributed by atoms with Crippen LogP contribution in [0.5, 0.6) is 5.75 Å². The molecule has 0 spiro atoms. The summed E-state index contributed by atoms with van der Waals surface area (Å²) in [5, 5.41) is 5.40. The first kappa shape index (κ1) is 19.9. The maximum atomic E-state index is 12.0. The molecule has 0 saturated carbocycles. The van der Waals surface area contributed by atoms with Gasteiger partial charge in [0, 0.05) is 24.0 Å². The van der Waals surface area contributed by atoms with Gasteiger partial charge in [0.2, 0.25) is 11.8 Å². The fraction of sp³-hybridized carbons (Fsp3) is 0.421. The number of rotatable bonds is 9. The first-order chi connectivity index (χ1) is 12.6. The molecule has 7 heteroatoms. The number of nitrogens with one attached hydrogen (secondary N) is 1. The Balaban J connectivity index is 1.89. The third-order valence-electron chi connectivity index (χ3n) is 3.86. The van der Waals surface area contributed by atoms with Crippen molar-refractivity contribution in [2.24, 2.45) is 0 Å². The molecule has 0 aliphatic heterocycles. The highest BCUT2D eigenvalue weighted by atomic mass is 32.1. The monoisotopic (exact) mass is 375 g/mol. The molecule has 26 heavy (non-hydrogen) atoms. The molecule has 2 rings (SSSR count). The van der Waals surface area contributed by atoms with Crippen molar-refractivity contribution in [2.75, 3.05) is 26.2 Å². The van der Waals surface area contributed by atoms with E-state index in [4.69, 9.17) is 4.74 Å². The molecule has 0 bridgehead atoms. The second kappa shape index (κ2) is 9.91. The van der Waals surface area contributed by atoms with E-state index >= 15 is 0 Å². The van der Waals surface area contributed by atoms with E-state index in [0.717, 1.165) is 16.3 Å². The Morgan fingerprint density at radius 1 is 1.15 bits per heavy atom. The van der Waals surface area contributed by atoms with E-state index in [0.29, 0.717) is 25.4 Å². The van der Waals surface area contributed by atoms with Crippen molar-refractivity contribution >= 4 is 23.2 Å². The van der Waals surface area contributed by atoms with Crippen molar-refractivity contribution in [1.82, 2.24) is 15.2 Å². The van der Waals surface area contributed by atoms with Gasteiger partial charge in [-0.05, 0) is 45.0 Å². The third kappa shape index (κ3) is 5.56. The number of benzene rings is 1. The summed E-state index contributed by atoms with van der Waals surface area (Å²) in [5.41, 5.74) is 1.69. The van der Waals surface area contributed by atoms with Crippen LogP contribution in [0.4, 0.5) is 0 Å². The zero-order valence-electron chi connectivity index (χ0n) is 15.4. The lowest BCUT2D eigenvalue weighted by atomic mass is 10.2. The summed E-state index contributed by atoms with van der Waals surface area (Å²) in [4.78, 5) is 30.2. The van der Waals surface area contributed by atoms with Crippen molar-refractivity contribution in [1.29, 1.82) is 0 Å². The Labute approximate surface area is 158 Å². The first-order valence-corrected chi connectivity index (χ1v) is 9.67. The van der Waals surface area contributed by atoms with Crippen LogP contribution in [0.2, 0.25) is 0 Å². The van der Waals surface area contributed by atoms with Gasteiger partial charge in [-0.15, -0.1) is 11.3 Å². The van der Waals surface area contributed by atoms with Crippen molar-refractivity contribution < 1.29 is 14.3 Å². The minimum atomic E-state index is -0.200. The Kier molecular flexibility index (Phi) is 7.59. The number of carbonyl (C=O) groups is 2. The lowest BCUT2D eigenvalue weighted by molar-refractivity contribution is -0.132. The van der Waals surface area contributed by atoms with Gasteiger partial charge in [-0.25, -0.2) is 4.98 Å². The van der Waals surface area contributed by atoms with Crippen LogP contribution in [-0.2, 0) is 16.0 Å². The number of hydrogen-bond acceptors (Lipinski definition) is 5. The van der Waals surface area contributed by atoms with Crippen LogP contribution >= 0.6 is 11.3 Å². The molecular weight excluding hydrogens is 350 g/mol. The van der Waals surface area contributed by atoms with Crippen LogP contribution in [0.15, 0.2) is 29.6 Å². The molecule has 0 atom stereocenters. The fourth-order valence-electron chi connectivity index (χ4n) is 2.47. The molecule has 140 valence electrons. The standard InChI is InChI=1S/C19H25N3O3S/c1-4-22(5-2)18(24)12-20-17(23)11-15-13-26-19(21-15)14-7-9-16(10-8-14)25-6-3/h7-10,13H,4-6,11-12H2,1-3H3,(H,20,23). The molecular formula is C19H25N3O3S. The van der Waals surface area contributed by atoms with Crippen LogP contribution in [0.25, 0.3) is 10.6 Å². The molecule has 0 aliphatic carbocycles. The zero-order chi connectivity index (χ0) is 18.9. The molecule has 1 heterocycles. The molecule has 0 fully saturated rings. The van der Waals surface area contributed by atoms with Gasteiger partial charge in [0.15, 0.2) is 0 Å². The maximum absolute atomic E-state index is 12.0. The summed E-state index contributed by atoms with van der Waals surface area (Å²) in [6, 6.07) is 7.73. The normalized spacial score (nSPS) is 10.4. The van der Waals surface area contributed by atoms with Crippen molar-refractivity contribution in [2.45, 2.75) is 27.2 Å². The van der Waals surface area contributed by atoms with E-state index in [9.17, 15) is 9.59 Å². The minimum Gasteiger partial charge on any atom is -0.494 e. The third-order valence-corrected chi connectivity index (χ3v) is 4.80. The average molecular weight is 375 g/mol. The molecule has 0 aliphatic rings. The van der Waals surface area contributed by atoms with Crippen LogP contribution in [-0.4, -0.2) is 47.9 Å². The summed E-state index contributed by atoms with van der Waals surface area (Å²) < 4.78 is 5.43. The molecule has 0 saturated heterocycles. The average Bonchev–Trinajstić information content (AvgIpc) is 3.10. The largest absolute Gasteiger partial charge is 0.494 e. The van der Waals surface area contributed by atoms with Gasteiger partial charge >= 0.3 is 0 Å². The van der Waals surface area contributed by atoms with Gasteiger partial charge in [-0.2, -0.15) is 0 Å². The Bertz CT molecular complexity index is 724. The van der Waals surface area contributed by atoms with Crippen molar-refractivity contribution in [3.63, 3.8) is 0 Å². The number of ether oxygens (including phenoxy) is 1. The van der Waals surface area contributed by atoms with Gasteiger partial charge in [-0.1, -0.05) is 0 Å². The molecule has 0 unspecified atom stereocenters. The van der Waals surface area contributed by atoms with Crippen LogP contribution in [0.3, 0.4) is 0 Å². The highest BCUT2D eigenvalue weighted by molar-refractivity contribution is 7.13. The predicted molar refractivity (Wildman–Crippen MR) is 103 cm³/mol. The number of hydrogen-bond donors (Lipinski definition) is 1. The molecule has 1 N–H and O–H groups in total. The van der Waals surface area contributed by atoms with Crippen LogP contribution in [0, 0.1) is 0 Å². The molecule has 1 aromatic heterocycles. The highest BCUT2D eigenvalue weighted by Crippen LogP contribution is 2.25. The van der Waals surface area contributed by atoms with Crippen LogP contribution < -0.4 is 10.1 Å². The molecule has 2 aromatic rings. The lowest BCUT2D eigenvalue weighted by Crippen LogP contribution is -2.40. The van der Waals surface area contributed by atoms with Gasteiger partial charge in [0.1, 0.15) is 10.8 Å². The second-order valence-corrected chi connectivity index (χ2v) is 6.48. The SMILES string of the molecule is CCOc1ccc(-c2nc(CC(=O)NCC(=O)N(CC)CC)cs2)cc1. The van der Waals surface area contributed by atoms with E-state index in [-0.39, 0.29) is 24.8 Å². The summed E-state index contributed by atoms with van der Waals surface area (Å²) in [6.07, 6.45) is 0.166. The highest BCUT2D eigenvalue weighted by Gasteiger charge is 2.13. The molecule has 1 aromatic carbocycles. The molecule has 2 amide bonds. The summed E-state index contributed by atoms with van der Waals surface area (Å²) in [7, 11) is 0. The second-order valence-electron chi connectivity index (χ2n) is 5.62. The topological polar surface area (TPSA) is 71.5 Å². The van der Waals surface area contributed by atoms with Gasteiger partial charge in [0.25, 0.3) is 0 Å². The van der Waals surface area contributed by atoms with E-state index < -0.39 is 0 Å². The minimum absolute atomic E-state index is 0.0242. The van der Waals surface area contributed by atoms with E-state index in [2.05, 4.69) is 10.3 Å². The van der Waals surface area contributed by atoms with Crippen molar-refractivity contribution in [3.8, 4) is 16.3 Å². The zero-order valence-corrected chi connectivity index (χ0v) is 16.3. The van der Waals surface area contributed by atoms with Crippen LogP contribution in [0.1, 0.15) is 26.5 Å². The summed E-state index contributed by atoms with van der Waals surface area (Å²) in [5.74, 6) is 0.552.